The number of guanidine groups is 1. The number of aromatic nitrogens is 1. The second kappa shape index (κ2) is 10.6. The van der Waals surface area contributed by atoms with Gasteiger partial charge in [0.1, 0.15) is 6.17 Å². The number of anilines is 1. The van der Waals surface area contributed by atoms with E-state index in [2.05, 4.69) is 32.0 Å². The predicted molar refractivity (Wildman–Crippen MR) is 117 cm³/mol. The molecule has 0 aliphatic carbocycles. The van der Waals surface area contributed by atoms with Gasteiger partial charge < -0.3 is 16.0 Å². The SMILES string of the molecule is Cc1ncccc1N/C(=N\C#N)NC(NC(=O)CCCc1cccs1)C(C)(C)C. The molecule has 8 heteroatoms. The number of nitriles is 1. The van der Waals surface area contributed by atoms with Crippen LogP contribution < -0.4 is 16.0 Å². The largest absolute Gasteiger partial charge is 0.336 e. The summed E-state index contributed by atoms with van der Waals surface area (Å²) in [5.41, 5.74) is 1.22. The standard InChI is InChI=1S/C21H28N6OS/c1-15-17(10-6-12-23-15)25-20(24-14-22)27-19(21(2,3)4)26-18(28)11-5-8-16-9-7-13-29-16/h6-7,9-10,12-13,19H,5,8,11H2,1-4H3,(H,26,28)(H2,24,25,27). The highest BCUT2D eigenvalue weighted by atomic mass is 32.1. The van der Waals surface area contributed by atoms with Gasteiger partial charge >= 0.3 is 0 Å². The van der Waals surface area contributed by atoms with E-state index in [9.17, 15) is 4.79 Å². The smallest absolute Gasteiger partial charge is 0.221 e. The summed E-state index contributed by atoms with van der Waals surface area (Å²) in [4.78, 5) is 21.8. The zero-order chi connectivity index (χ0) is 21.3. The Balaban J connectivity index is 2.00. The second-order valence-corrected chi connectivity index (χ2v) is 8.80. The van der Waals surface area contributed by atoms with Crippen LogP contribution in [0.1, 0.15) is 44.2 Å². The maximum absolute atomic E-state index is 12.5. The van der Waals surface area contributed by atoms with E-state index in [1.807, 2.05) is 45.2 Å². The van der Waals surface area contributed by atoms with Crippen LogP contribution in [0.25, 0.3) is 0 Å². The molecule has 0 aliphatic heterocycles. The number of rotatable bonds is 7. The highest BCUT2D eigenvalue weighted by molar-refractivity contribution is 7.09. The molecule has 2 rings (SSSR count). The zero-order valence-electron chi connectivity index (χ0n) is 17.3. The summed E-state index contributed by atoms with van der Waals surface area (Å²) in [6.07, 6.45) is 5.20. The van der Waals surface area contributed by atoms with Gasteiger partial charge in [-0.1, -0.05) is 26.8 Å². The van der Waals surface area contributed by atoms with Gasteiger partial charge in [-0.3, -0.25) is 9.78 Å². The van der Waals surface area contributed by atoms with Crippen LogP contribution in [0.15, 0.2) is 40.8 Å². The topological polar surface area (TPSA) is 102 Å². The van der Waals surface area contributed by atoms with E-state index >= 15 is 0 Å². The van der Waals surface area contributed by atoms with Crippen molar-refractivity contribution in [1.82, 2.24) is 15.6 Å². The van der Waals surface area contributed by atoms with E-state index in [0.717, 1.165) is 24.2 Å². The average molecular weight is 413 g/mol. The Morgan fingerprint density at radius 3 is 2.72 bits per heavy atom. The summed E-state index contributed by atoms with van der Waals surface area (Å²) >= 11 is 1.70. The fourth-order valence-corrected chi connectivity index (χ4v) is 3.36. The molecule has 1 atom stereocenters. The number of nitrogens with one attached hydrogen (secondary N) is 3. The van der Waals surface area contributed by atoms with Crippen molar-refractivity contribution in [1.29, 1.82) is 5.26 Å². The third kappa shape index (κ3) is 7.54. The van der Waals surface area contributed by atoms with Gasteiger partial charge in [0, 0.05) is 22.9 Å². The molecular formula is C21H28N6OS. The van der Waals surface area contributed by atoms with Crippen LogP contribution in [0, 0.1) is 23.8 Å². The summed E-state index contributed by atoms with van der Waals surface area (Å²) < 4.78 is 0. The van der Waals surface area contributed by atoms with Crippen LogP contribution in [0.4, 0.5) is 5.69 Å². The molecule has 0 fully saturated rings. The molecule has 0 spiro atoms. The summed E-state index contributed by atoms with van der Waals surface area (Å²) in [5.74, 6) is 0.227. The summed E-state index contributed by atoms with van der Waals surface area (Å²) in [6.45, 7) is 7.89. The molecule has 2 aromatic rings. The van der Waals surface area contributed by atoms with Crippen molar-refractivity contribution in [2.75, 3.05) is 5.32 Å². The van der Waals surface area contributed by atoms with Crippen molar-refractivity contribution < 1.29 is 4.79 Å². The summed E-state index contributed by atoms with van der Waals surface area (Å²) in [5, 5.41) is 20.4. The molecule has 0 radical (unpaired) electrons. The number of amides is 1. The minimum absolute atomic E-state index is 0.0390. The fourth-order valence-electron chi connectivity index (χ4n) is 2.61. The predicted octanol–water partition coefficient (Wildman–Crippen LogP) is 3.80. The van der Waals surface area contributed by atoms with Gasteiger partial charge in [-0.05, 0) is 43.3 Å². The fraction of sp³-hybridized carbons (Fsp3) is 0.429. The third-order valence-corrected chi connectivity index (χ3v) is 5.22. The molecule has 7 nitrogen and oxygen atoms in total. The molecule has 29 heavy (non-hydrogen) atoms. The Morgan fingerprint density at radius 1 is 1.31 bits per heavy atom. The minimum atomic E-state index is -0.409. The van der Waals surface area contributed by atoms with Gasteiger partial charge in [0.05, 0.1) is 11.4 Å². The first kappa shape index (κ1) is 22.4. The highest BCUT2D eigenvalue weighted by Crippen LogP contribution is 2.19. The monoisotopic (exact) mass is 412 g/mol. The maximum atomic E-state index is 12.5. The number of pyridine rings is 1. The van der Waals surface area contributed by atoms with Gasteiger partial charge in [-0.15, -0.1) is 16.3 Å². The molecule has 0 aliphatic rings. The molecule has 0 saturated carbocycles. The van der Waals surface area contributed by atoms with Crippen molar-refractivity contribution >= 4 is 28.9 Å². The number of thiophene rings is 1. The van der Waals surface area contributed by atoms with E-state index in [-0.39, 0.29) is 17.3 Å². The lowest BCUT2D eigenvalue weighted by atomic mass is 9.92. The van der Waals surface area contributed by atoms with Crippen molar-refractivity contribution in [3.8, 4) is 6.19 Å². The third-order valence-electron chi connectivity index (χ3n) is 4.28. The van der Waals surface area contributed by atoms with Crippen LogP contribution in [-0.4, -0.2) is 23.0 Å². The Morgan fingerprint density at radius 2 is 2.10 bits per heavy atom. The van der Waals surface area contributed by atoms with Crippen LogP contribution in [0.5, 0.6) is 0 Å². The molecule has 0 aromatic carbocycles. The molecule has 2 heterocycles. The Labute approximate surface area is 176 Å². The lowest BCUT2D eigenvalue weighted by Gasteiger charge is -2.33. The molecule has 1 amide bonds. The molecule has 3 N–H and O–H groups in total. The van der Waals surface area contributed by atoms with Crippen LogP contribution in [-0.2, 0) is 11.2 Å². The van der Waals surface area contributed by atoms with Gasteiger partial charge in [0.25, 0.3) is 0 Å². The van der Waals surface area contributed by atoms with Gasteiger partial charge in [-0.2, -0.15) is 5.26 Å². The van der Waals surface area contributed by atoms with Crippen LogP contribution in [0.2, 0.25) is 0 Å². The van der Waals surface area contributed by atoms with Crippen LogP contribution >= 0.6 is 11.3 Å². The van der Waals surface area contributed by atoms with Crippen LogP contribution in [0.3, 0.4) is 0 Å². The maximum Gasteiger partial charge on any atom is 0.221 e. The van der Waals surface area contributed by atoms with Crippen molar-refractivity contribution in [3.63, 3.8) is 0 Å². The van der Waals surface area contributed by atoms with Crippen molar-refractivity contribution in [2.45, 2.75) is 53.1 Å². The molecule has 1 unspecified atom stereocenters. The number of carbonyl (C=O) groups excluding carboxylic acids is 1. The molecule has 0 bridgehead atoms. The van der Waals surface area contributed by atoms with Gasteiger partial charge in [0.15, 0.2) is 0 Å². The van der Waals surface area contributed by atoms with Gasteiger partial charge in [-0.25, -0.2) is 0 Å². The Bertz CT molecular complexity index is 864. The molecule has 0 saturated heterocycles. The first-order chi connectivity index (χ1) is 13.8. The van der Waals surface area contributed by atoms with E-state index in [1.54, 1.807) is 29.8 Å². The molecule has 154 valence electrons. The number of nitrogens with zero attached hydrogens (tertiary/aromatic N) is 3. The number of hydrogen-bond donors (Lipinski definition) is 3. The number of aryl methyl sites for hydroxylation is 2. The lowest BCUT2D eigenvalue weighted by Crippen LogP contribution is -2.56. The zero-order valence-corrected chi connectivity index (χ0v) is 18.1. The van der Waals surface area contributed by atoms with Crippen molar-refractivity contribution in [3.05, 3.63) is 46.4 Å². The van der Waals surface area contributed by atoms with E-state index in [1.165, 1.54) is 4.88 Å². The number of hydrogen-bond acceptors (Lipinski definition) is 5. The summed E-state index contributed by atoms with van der Waals surface area (Å²) in [6, 6.07) is 7.76. The highest BCUT2D eigenvalue weighted by Gasteiger charge is 2.27. The first-order valence-corrected chi connectivity index (χ1v) is 10.4. The first-order valence-electron chi connectivity index (χ1n) is 9.53. The van der Waals surface area contributed by atoms with E-state index in [0.29, 0.717) is 6.42 Å². The molecule has 2 aromatic heterocycles. The second-order valence-electron chi connectivity index (χ2n) is 7.77. The quantitative estimate of drug-likeness (QED) is 0.278. The van der Waals surface area contributed by atoms with Crippen molar-refractivity contribution in [2.24, 2.45) is 10.4 Å². The molecular weight excluding hydrogens is 384 g/mol. The average Bonchev–Trinajstić information content (AvgIpc) is 3.16. The number of carbonyl (C=O) groups is 1. The minimum Gasteiger partial charge on any atom is -0.336 e. The normalized spacial score (nSPS) is 12.7. The number of aliphatic imine (C=N–C) groups is 1. The Hall–Kier alpha value is -2.92. The van der Waals surface area contributed by atoms with E-state index < -0.39 is 6.17 Å². The van der Waals surface area contributed by atoms with E-state index in [4.69, 9.17) is 5.26 Å². The van der Waals surface area contributed by atoms with Gasteiger partial charge in [0.2, 0.25) is 18.1 Å². The lowest BCUT2D eigenvalue weighted by molar-refractivity contribution is -0.122. The Kier molecular flexibility index (Phi) is 8.16. The summed E-state index contributed by atoms with van der Waals surface area (Å²) in [7, 11) is 0.